The van der Waals surface area contributed by atoms with E-state index in [2.05, 4.69) is 6.58 Å². The van der Waals surface area contributed by atoms with Crippen molar-refractivity contribution in [2.24, 2.45) is 0 Å². The van der Waals surface area contributed by atoms with Gasteiger partial charge in [-0.3, -0.25) is 9.59 Å². The Bertz CT molecular complexity index is 569. The molecule has 0 saturated heterocycles. The molecule has 0 atom stereocenters. The van der Waals surface area contributed by atoms with E-state index >= 15 is 0 Å². The SMILES string of the molecule is C=CCN(CC(=O)O)C(=O)C=Cc1ccc(OC)c(F)c1. The van der Waals surface area contributed by atoms with Gasteiger partial charge in [-0.1, -0.05) is 12.1 Å². The molecule has 21 heavy (non-hydrogen) atoms. The number of hydrogen-bond acceptors (Lipinski definition) is 3. The van der Waals surface area contributed by atoms with E-state index in [-0.39, 0.29) is 12.3 Å². The van der Waals surface area contributed by atoms with Gasteiger partial charge in [-0.2, -0.15) is 0 Å². The maximum atomic E-state index is 13.5. The van der Waals surface area contributed by atoms with Crippen molar-refractivity contribution in [3.05, 3.63) is 48.3 Å². The van der Waals surface area contributed by atoms with Crippen LogP contribution >= 0.6 is 0 Å². The molecule has 0 heterocycles. The Morgan fingerprint density at radius 3 is 2.71 bits per heavy atom. The van der Waals surface area contributed by atoms with Crippen molar-refractivity contribution < 1.29 is 23.8 Å². The molecule has 112 valence electrons. The Morgan fingerprint density at radius 2 is 2.19 bits per heavy atom. The molecule has 0 spiro atoms. The fraction of sp³-hybridized carbons (Fsp3) is 0.200. The quantitative estimate of drug-likeness (QED) is 0.616. The summed E-state index contributed by atoms with van der Waals surface area (Å²) in [5, 5.41) is 8.72. The number of carboxylic acids is 1. The molecule has 1 N–H and O–H groups in total. The highest BCUT2D eigenvalue weighted by molar-refractivity contribution is 5.93. The van der Waals surface area contributed by atoms with Crippen molar-refractivity contribution >= 4 is 18.0 Å². The third-order valence-corrected chi connectivity index (χ3v) is 2.58. The van der Waals surface area contributed by atoms with Crippen LogP contribution in [0.4, 0.5) is 4.39 Å². The zero-order chi connectivity index (χ0) is 15.8. The van der Waals surface area contributed by atoms with E-state index in [1.165, 1.54) is 37.5 Å². The normalized spacial score (nSPS) is 10.4. The van der Waals surface area contributed by atoms with Crippen LogP contribution in [0.25, 0.3) is 6.08 Å². The lowest BCUT2D eigenvalue weighted by molar-refractivity contribution is -0.142. The second-order valence-electron chi connectivity index (χ2n) is 4.13. The number of hydrogen-bond donors (Lipinski definition) is 1. The lowest BCUT2D eigenvalue weighted by Gasteiger charge is -2.16. The van der Waals surface area contributed by atoms with Crippen molar-refractivity contribution in [1.29, 1.82) is 0 Å². The summed E-state index contributed by atoms with van der Waals surface area (Å²) >= 11 is 0. The second kappa shape index (κ2) is 7.84. The predicted octanol–water partition coefficient (Wildman–Crippen LogP) is 1.95. The van der Waals surface area contributed by atoms with Gasteiger partial charge in [-0.05, 0) is 23.8 Å². The van der Waals surface area contributed by atoms with Gasteiger partial charge in [0.1, 0.15) is 6.54 Å². The predicted molar refractivity (Wildman–Crippen MR) is 76.4 cm³/mol. The maximum absolute atomic E-state index is 13.5. The average Bonchev–Trinajstić information content (AvgIpc) is 2.44. The number of ether oxygens (including phenoxy) is 1. The lowest BCUT2D eigenvalue weighted by atomic mass is 10.2. The van der Waals surface area contributed by atoms with Crippen molar-refractivity contribution in [3.8, 4) is 5.75 Å². The first-order valence-electron chi connectivity index (χ1n) is 6.11. The molecule has 0 aliphatic carbocycles. The summed E-state index contributed by atoms with van der Waals surface area (Å²) in [4.78, 5) is 23.6. The van der Waals surface area contributed by atoms with Gasteiger partial charge in [0.15, 0.2) is 11.6 Å². The Hall–Kier alpha value is -2.63. The van der Waals surface area contributed by atoms with Crippen LogP contribution in [-0.4, -0.2) is 42.1 Å². The highest BCUT2D eigenvalue weighted by Crippen LogP contribution is 2.18. The molecule has 0 aromatic heterocycles. The lowest BCUT2D eigenvalue weighted by Crippen LogP contribution is -2.34. The fourth-order valence-corrected chi connectivity index (χ4v) is 1.61. The topological polar surface area (TPSA) is 66.8 Å². The molecule has 0 saturated carbocycles. The molecule has 1 aromatic rings. The Kier molecular flexibility index (Phi) is 6.13. The minimum Gasteiger partial charge on any atom is -0.494 e. The summed E-state index contributed by atoms with van der Waals surface area (Å²) in [6, 6.07) is 4.25. The molecule has 0 unspecified atom stereocenters. The molecule has 0 bridgehead atoms. The van der Waals surface area contributed by atoms with Crippen LogP contribution in [0.2, 0.25) is 0 Å². The molecule has 0 radical (unpaired) electrons. The number of amides is 1. The number of benzene rings is 1. The van der Waals surface area contributed by atoms with Gasteiger partial charge in [-0.25, -0.2) is 4.39 Å². The van der Waals surface area contributed by atoms with Crippen LogP contribution < -0.4 is 4.74 Å². The summed E-state index contributed by atoms with van der Waals surface area (Å²) in [6.07, 6.45) is 4.03. The monoisotopic (exact) mass is 293 g/mol. The number of rotatable bonds is 7. The number of halogens is 1. The third-order valence-electron chi connectivity index (χ3n) is 2.58. The Balaban J connectivity index is 2.81. The third kappa shape index (κ3) is 5.10. The molecular weight excluding hydrogens is 277 g/mol. The van der Waals surface area contributed by atoms with Crippen molar-refractivity contribution in [2.45, 2.75) is 0 Å². The van der Waals surface area contributed by atoms with Crippen LogP contribution in [0, 0.1) is 5.82 Å². The number of carboxylic acid groups (broad SMARTS) is 1. The zero-order valence-electron chi connectivity index (χ0n) is 11.6. The molecule has 0 aliphatic rings. The number of carbonyl (C=O) groups is 2. The largest absolute Gasteiger partial charge is 0.494 e. The molecule has 1 amide bonds. The van der Waals surface area contributed by atoms with E-state index in [1.807, 2.05) is 0 Å². The first-order chi connectivity index (χ1) is 9.97. The first kappa shape index (κ1) is 16.4. The van der Waals surface area contributed by atoms with Crippen LogP contribution in [-0.2, 0) is 9.59 Å². The van der Waals surface area contributed by atoms with Gasteiger partial charge in [0.2, 0.25) is 5.91 Å². The van der Waals surface area contributed by atoms with E-state index in [0.29, 0.717) is 5.56 Å². The van der Waals surface area contributed by atoms with Gasteiger partial charge in [0.25, 0.3) is 0 Å². The highest BCUT2D eigenvalue weighted by Gasteiger charge is 2.12. The smallest absolute Gasteiger partial charge is 0.323 e. The molecule has 1 aromatic carbocycles. The van der Waals surface area contributed by atoms with Crippen LogP contribution in [0.3, 0.4) is 0 Å². The Morgan fingerprint density at radius 1 is 1.48 bits per heavy atom. The fourth-order valence-electron chi connectivity index (χ4n) is 1.61. The minimum absolute atomic E-state index is 0.109. The number of aliphatic carboxylic acids is 1. The molecular formula is C15H16FNO4. The van der Waals surface area contributed by atoms with Gasteiger partial charge in [0.05, 0.1) is 7.11 Å². The molecule has 1 rings (SSSR count). The number of methoxy groups -OCH3 is 1. The van der Waals surface area contributed by atoms with Crippen LogP contribution in [0.15, 0.2) is 36.9 Å². The van der Waals surface area contributed by atoms with Crippen molar-refractivity contribution in [3.63, 3.8) is 0 Å². The average molecular weight is 293 g/mol. The number of nitrogens with zero attached hydrogens (tertiary/aromatic N) is 1. The van der Waals surface area contributed by atoms with E-state index in [9.17, 15) is 14.0 Å². The maximum Gasteiger partial charge on any atom is 0.323 e. The Labute approximate surface area is 121 Å². The van der Waals surface area contributed by atoms with E-state index in [0.717, 1.165) is 4.90 Å². The highest BCUT2D eigenvalue weighted by atomic mass is 19.1. The summed E-state index contributed by atoms with van der Waals surface area (Å²) in [7, 11) is 1.36. The summed E-state index contributed by atoms with van der Waals surface area (Å²) in [6.45, 7) is 3.16. The van der Waals surface area contributed by atoms with Gasteiger partial charge in [-0.15, -0.1) is 6.58 Å². The molecule has 6 heteroatoms. The molecule has 0 aliphatic heterocycles. The zero-order valence-corrected chi connectivity index (χ0v) is 11.6. The van der Waals surface area contributed by atoms with Crippen molar-refractivity contribution in [2.75, 3.05) is 20.2 Å². The van der Waals surface area contributed by atoms with E-state index < -0.39 is 24.2 Å². The van der Waals surface area contributed by atoms with E-state index in [4.69, 9.17) is 9.84 Å². The van der Waals surface area contributed by atoms with Crippen LogP contribution in [0.5, 0.6) is 5.75 Å². The summed E-state index contributed by atoms with van der Waals surface area (Å²) in [5.41, 5.74) is 0.468. The second-order valence-corrected chi connectivity index (χ2v) is 4.13. The molecule has 0 fully saturated rings. The van der Waals surface area contributed by atoms with Crippen molar-refractivity contribution in [1.82, 2.24) is 4.90 Å². The van der Waals surface area contributed by atoms with Gasteiger partial charge < -0.3 is 14.7 Å². The standard InChI is InChI=1S/C15H16FNO4/c1-3-8-17(10-15(19)20)14(18)7-5-11-4-6-13(21-2)12(16)9-11/h3-7,9H,1,8,10H2,2H3,(H,19,20). The summed E-state index contributed by atoms with van der Waals surface area (Å²) in [5.74, 6) is -2.04. The van der Waals surface area contributed by atoms with E-state index in [1.54, 1.807) is 6.07 Å². The van der Waals surface area contributed by atoms with Crippen LogP contribution in [0.1, 0.15) is 5.56 Å². The molecule has 5 nitrogen and oxygen atoms in total. The van der Waals surface area contributed by atoms with Gasteiger partial charge >= 0.3 is 5.97 Å². The minimum atomic E-state index is -1.12. The number of carbonyl (C=O) groups excluding carboxylic acids is 1. The van der Waals surface area contributed by atoms with Gasteiger partial charge in [0, 0.05) is 12.6 Å². The summed E-state index contributed by atoms with van der Waals surface area (Å²) < 4.78 is 18.3. The first-order valence-corrected chi connectivity index (χ1v) is 6.11.